The molecule has 5 nitrogen and oxygen atoms in total. The molecule has 0 amide bonds. The summed E-state index contributed by atoms with van der Waals surface area (Å²) in [6.45, 7) is 0. The predicted molar refractivity (Wildman–Crippen MR) is 81.0 cm³/mol. The summed E-state index contributed by atoms with van der Waals surface area (Å²) in [4.78, 5) is 0.151. The first-order chi connectivity index (χ1) is 9.87. The van der Waals surface area contributed by atoms with Gasteiger partial charge in [-0.3, -0.25) is 0 Å². The lowest BCUT2D eigenvalue weighted by Gasteiger charge is -2.12. The SMILES string of the molecule is O=S1(=O)C=CC(NS(=O)(=O)c2cccc3ccccc23)C1. The minimum absolute atomic E-state index is 0.151. The molecule has 1 aliphatic rings. The first-order valence-electron chi connectivity index (χ1n) is 6.28. The molecule has 1 atom stereocenters. The van der Waals surface area contributed by atoms with E-state index < -0.39 is 25.9 Å². The van der Waals surface area contributed by atoms with E-state index in [0.717, 1.165) is 10.8 Å². The lowest BCUT2D eigenvalue weighted by molar-refractivity contribution is 0.575. The average Bonchev–Trinajstić information content (AvgIpc) is 2.76. The van der Waals surface area contributed by atoms with Crippen LogP contribution in [0, 0.1) is 0 Å². The number of fused-ring (bicyclic) bond motifs is 1. The molecular formula is C14H13NO4S2. The van der Waals surface area contributed by atoms with E-state index in [1.54, 1.807) is 18.2 Å². The maximum absolute atomic E-state index is 12.5. The van der Waals surface area contributed by atoms with Crippen LogP contribution in [0.4, 0.5) is 0 Å². The Hall–Kier alpha value is -1.70. The Morgan fingerprint density at radius 3 is 2.48 bits per heavy atom. The first-order valence-corrected chi connectivity index (χ1v) is 9.48. The van der Waals surface area contributed by atoms with Gasteiger partial charge in [-0.15, -0.1) is 0 Å². The number of rotatable bonds is 3. The van der Waals surface area contributed by atoms with Crippen LogP contribution in [0.2, 0.25) is 0 Å². The minimum atomic E-state index is -3.79. The fourth-order valence-corrected chi connectivity index (χ4v) is 5.10. The van der Waals surface area contributed by atoms with Crippen molar-refractivity contribution in [2.45, 2.75) is 10.9 Å². The quantitative estimate of drug-likeness (QED) is 0.926. The van der Waals surface area contributed by atoms with Gasteiger partial charge < -0.3 is 0 Å². The van der Waals surface area contributed by atoms with E-state index in [-0.39, 0.29) is 10.6 Å². The molecule has 110 valence electrons. The van der Waals surface area contributed by atoms with Gasteiger partial charge in [-0.25, -0.2) is 21.6 Å². The number of nitrogens with one attached hydrogen (secondary N) is 1. The van der Waals surface area contributed by atoms with Gasteiger partial charge in [-0.05, 0) is 11.5 Å². The molecular weight excluding hydrogens is 310 g/mol. The largest absolute Gasteiger partial charge is 0.241 e. The molecule has 0 aliphatic carbocycles. The standard InChI is InChI=1S/C14H13NO4S2/c16-20(17)9-8-12(10-20)15-21(18,19)14-7-3-5-11-4-1-2-6-13(11)14/h1-9,12,15H,10H2. The Kier molecular flexibility index (Phi) is 3.35. The number of hydrogen-bond donors (Lipinski definition) is 1. The lowest BCUT2D eigenvalue weighted by atomic mass is 10.1. The van der Waals surface area contributed by atoms with Crippen LogP contribution in [0.25, 0.3) is 10.8 Å². The summed E-state index contributed by atoms with van der Waals surface area (Å²) < 4.78 is 50.1. The summed E-state index contributed by atoms with van der Waals surface area (Å²) in [7, 11) is -7.09. The van der Waals surface area contributed by atoms with Crippen molar-refractivity contribution in [2.24, 2.45) is 0 Å². The summed E-state index contributed by atoms with van der Waals surface area (Å²) in [5.41, 5.74) is 0. The van der Waals surface area contributed by atoms with E-state index in [1.807, 2.05) is 18.2 Å². The van der Waals surface area contributed by atoms with Crippen molar-refractivity contribution in [3.63, 3.8) is 0 Å². The van der Waals surface area contributed by atoms with Gasteiger partial charge in [-0.1, -0.05) is 42.5 Å². The summed E-state index contributed by atoms with van der Waals surface area (Å²) in [5.74, 6) is -0.239. The predicted octanol–water partition coefficient (Wildman–Crippen LogP) is 1.43. The Bertz CT molecular complexity index is 925. The third-order valence-corrected chi connectivity index (χ3v) is 6.22. The molecule has 1 unspecified atom stereocenters. The minimum Gasteiger partial charge on any atom is -0.224 e. The van der Waals surface area contributed by atoms with Gasteiger partial charge in [0.15, 0.2) is 9.84 Å². The molecule has 1 heterocycles. The summed E-state index contributed by atoms with van der Waals surface area (Å²) in [6.07, 6.45) is 1.36. The molecule has 21 heavy (non-hydrogen) atoms. The van der Waals surface area contributed by atoms with Crippen LogP contribution in [0.5, 0.6) is 0 Å². The second kappa shape index (κ2) is 4.94. The molecule has 0 bridgehead atoms. The smallest absolute Gasteiger partial charge is 0.224 e. The van der Waals surface area contributed by atoms with E-state index >= 15 is 0 Å². The molecule has 0 saturated carbocycles. The zero-order valence-electron chi connectivity index (χ0n) is 10.9. The van der Waals surface area contributed by atoms with Crippen molar-refractivity contribution in [2.75, 3.05) is 5.75 Å². The fourth-order valence-electron chi connectivity index (χ4n) is 2.34. The van der Waals surface area contributed by atoms with E-state index in [0.29, 0.717) is 5.39 Å². The number of benzene rings is 2. The normalized spacial score (nSPS) is 20.9. The van der Waals surface area contributed by atoms with Gasteiger partial charge in [-0.2, -0.15) is 0 Å². The van der Waals surface area contributed by atoms with Crippen molar-refractivity contribution in [1.29, 1.82) is 0 Å². The van der Waals surface area contributed by atoms with E-state index in [2.05, 4.69) is 4.72 Å². The highest BCUT2D eigenvalue weighted by molar-refractivity contribution is 7.94. The Balaban J connectivity index is 2.00. The topological polar surface area (TPSA) is 80.3 Å². The van der Waals surface area contributed by atoms with Crippen molar-refractivity contribution in [3.05, 3.63) is 53.9 Å². The fraction of sp³-hybridized carbons (Fsp3) is 0.143. The van der Waals surface area contributed by atoms with Crippen molar-refractivity contribution in [3.8, 4) is 0 Å². The van der Waals surface area contributed by atoms with E-state index in [9.17, 15) is 16.8 Å². The van der Waals surface area contributed by atoms with E-state index in [4.69, 9.17) is 0 Å². The zero-order chi connectivity index (χ0) is 15.1. The zero-order valence-corrected chi connectivity index (χ0v) is 12.6. The Morgan fingerprint density at radius 1 is 1.05 bits per heavy atom. The molecule has 1 aliphatic heterocycles. The first kappa shape index (κ1) is 14.2. The molecule has 0 spiro atoms. The van der Waals surface area contributed by atoms with Crippen LogP contribution in [-0.2, 0) is 19.9 Å². The monoisotopic (exact) mass is 323 g/mol. The third kappa shape index (κ3) is 2.85. The molecule has 0 radical (unpaired) electrons. The number of hydrogen-bond acceptors (Lipinski definition) is 4. The highest BCUT2D eigenvalue weighted by atomic mass is 32.2. The second-order valence-corrected chi connectivity index (χ2v) is 8.48. The maximum atomic E-state index is 12.5. The van der Waals surface area contributed by atoms with Gasteiger partial charge in [0.05, 0.1) is 16.7 Å². The van der Waals surface area contributed by atoms with Crippen LogP contribution >= 0.6 is 0 Å². The Morgan fingerprint density at radius 2 is 1.76 bits per heavy atom. The third-order valence-electron chi connectivity index (χ3n) is 3.28. The van der Waals surface area contributed by atoms with Crippen molar-refractivity contribution >= 4 is 30.6 Å². The van der Waals surface area contributed by atoms with Crippen LogP contribution in [0.1, 0.15) is 0 Å². The molecule has 2 aromatic rings. The van der Waals surface area contributed by atoms with Crippen molar-refractivity contribution in [1.82, 2.24) is 4.72 Å². The average molecular weight is 323 g/mol. The van der Waals surface area contributed by atoms with Gasteiger partial charge in [0, 0.05) is 10.8 Å². The van der Waals surface area contributed by atoms with Gasteiger partial charge in [0.2, 0.25) is 10.0 Å². The second-order valence-electron chi connectivity index (χ2n) is 4.86. The molecule has 0 saturated heterocycles. The molecule has 3 rings (SSSR count). The Labute approximate surface area is 123 Å². The molecule has 0 fully saturated rings. The van der Waals surface area contributed by atoms with Gasteiger partial charge >= 0.3 is 0 Å². The summed E-state index contributed by atoms with van der Waals surface area (Å²) in [5, 5.41) is 2.47. The molecule has 7 heteroatoms. The summed E-state index contributed by atoms with van der Waals surface area (Å²) in [6, 6.07) is 11.4. The van der Waals surface area contributed by atoms with Crippen LogP contribution < -0.4 is 4.72 Å². The molecule has 0 aromatic heterocycles. The highest BCUT2D eigenvalue weighted by Crippen LogP contribution is 2.23. The summed E-state index contributed by atoms with van der Waals surface area (Å²) >= 11 is 0. The van der Waals surface area contributed by atoms with Crippen LogP contribution in [0.3, 0.4) is 0 Å². The van der Waals surface area contributed by atoms with Gasteiger partial charge in [0.25, 0.3) is 0 Å². The van der Waals surface area contributed by atoms with Crippen LogP contribution in [0.15, 0.2) is 58.8 Å². The number of sulfone groups is 1. The molecule has 2 aromatic carbocycles. The molecule has 1 N–H and O–H groups in total. The number of sulfonamides is 1. The highest BCUT2D eigenvalue weighted by Gasteiger charge is 2.27. The van der Waals surface area contributed by atoms with Gasteiger partial charge in [0.1, 0.15) is 0 Å². The lowest BCUT2D eigenvalue weighted by Crippen LogP contribution is -2.35. The van der Waals surface area contributed by atoms with Crippen molar-refractivity contribution < 1.29 is 16.8 Å². The van der Waals surface area contributed by atoms with E-state index in [1.165, 1.54) is 12.1 Å². The maximum Gasteiger partial charge on any atom is 0.241 e. The van der Waals surface area contributed by atoms with Crippen LogP contribution in [-0.4, -0.2) is 28.6 Å².